The summed E-state index contributed by atoms with van der Waals surface area (Å²) in [6.07, 6.45) is 1.02. The van der Waals surface area contributed by atoms with E-state index in [9.17, 15) is 4.79 Å². The zero-order chi connectivity index (χ0) is 9.84. The predicted molar refractivity (Wildman–Crippen MR) is 47.2 cm³/mol. The van der Waals surface area contributed by atoms with Crippen LogP contribution < -0.4 is 5.32 Å². The normalized spacial score (nSPS) is 12.5. The molecule has 5 nitrogen and oxygen atoms in total. The summed E-state index contributed by atoms with van der Waals surface area (Å²) in [7, 11) is 1.69. The van der Waals surface area contributed by atoms with Gasteiger partial charge in [0.25, 0.3) is 5.91 Å². The molecule has 0 fully saturated rings. The van der Waals surface area contributed by atoms with E-state index in [0.29, 0.717) is 5.69 Å². The second kappa shape index (κ2) is 4.04. The van der Waals surface area contributed by atoms with Crippen LogP contribution in [-0.4, -0.2) is 33.4 Å². The number of carbonyl (C=O) groups excluding carboxylic acids is 1. The molecule has 5 heteroatoms. The molecule has 72 valence electrons. The molecule has 0 aliphatic rings. The molecular weight excluding hydrogens is 170 g/mol. The first-order valence-electron chi connectivity index (χ1n) is 4.05. The Morgan fingerprint density at radius 2 is 2.54 bits per heavy atom. The summed E-state index contributed by atoms with van der Waals surface area (Å²) < 4.78 is 1.48. The van der Waals surface area contributed by atoms with E-state index in [1.165, 1.54) is 4.68 Å². The Labute approximate surface area is 76.4 Å². The first kappa shape index (κ1) is 9.73. The van der Waals surface area contributed by atoms with Gasteiger partial charge in [-0.2, -0.15) is 5.10 Å². The highest BCUT2D eigenvalue weighted by Crippen LogP contribution is 1.95. The van der Waals surface area contributed by atoms with Crippen LogP contribution in [0.5, 0.6) is 0 Å². The minimum absolute atomic E-state index is 0.221. The van der Waals surface area contributed by atoms with E-state index in [1.807, 2.05) is 0 Å². The summed E-state index contributed by atoms with van der Waals surface area (Å²) in [5, 5.41) is 15.4. The molecule has 1 amide bonds. The summed E-state index contributed by atoms with van der Waals surface area (Å²) in [5.74, 6) is -0.221. The van der Waals surface area contributed by atoms with E-state index < -0.39 is 6.10 Å². The van der Waals surface area contributed by atoms with Crippen LogP contribution in [0, 0.1) is 0 Å². The number of hydrogen-bond acceptors (Lipinski definition) is 3. The van der Waals surface area contributed by atoms with E-state index in [-0.39, 0.29) is 12.5 Å². The fraction of sp³-hybridized carbons (Fsp3) is 0.500. The van der Waals surface area contributed by atoms with Gasteiger partial charge in [0.2, 0.25) is 0 Å². The Morgan fingerprint density at radius 3 is 3.00 bits per heavy atom. The maximum Gasteiger partial charge on any atom is 0.269 e. The average molecular weight is 183 g/mol. The van der Waals surface area contributed by atoms with Crippen LogP contribution in [0.4, 0.5) is 0 Å². The molecule has 0 aromatic carbocycles. The maximum atomic E-state index is 11.3. The molecule has 1 atom stereocenters. The Bertz CT molecular complexity index is 293. The van der Waals surface area contributed by atoms with Crippen molar-refractivity contribution in [2.45, 2.75) is 13.0 Å². The molecule has 2 N–H and O–H groups in total. The van der Waals surface area contributed by atoms with Crippen molar-refractivity contribution >= 4 is 5.91 Å². The lowest BCUT2D eigenvalue weighted by atomic mass is 10.3. The predicted octanol–water partition coefficient (Wildman–Crippen LogP) is -0.469. The van der Waals surface area contributed by atoms with Crippen LogP contribution in [0.2, 0.25) is 0 Å². The van der Waals surface area contributed by atoms with Gasteiger partial charge >= 0.3 is 0 Å². The van der Waals surface area contributed by atoms with Crippen LogP contribution in [0.1, 0.15) is 17.4 Å². The van der Waals surface area contributed by atoms with Gasteiger partial charge in [0, 0.05) is 19.8 Å². The molecule has 0 aliphatic heterocycles. The summed E-state index contributed by atoms with van der Waals surface area (Å²) >= 11 is 0. The van der Waals surface area contributed by atoms with E-state index in [0.717, 1.165) is 0 Å². The van der Waals surface area contributed by atoms with Gasteiger partial charge in [0.1, 0.15) is 5.69 Å². The molecule has 0 aliphatic carbocycles. The number of aromatic nitrogens is 2. The monoisotopic (exact) mass is 183 g/mol. The number of aliphatic hydroxyl groups excluding tert-OH is 1. The standard InChI is InChI=1S/C8H13N3O2/c1-6(12)5-9-8(13)7-3-4-10-11(7)2/h3-4,6,12H,5H2,1-2H3,(H,9,13)/t6-/m1/s1. The molecule has 1 aromatic rings. The SMILES string of the molecule is C[C@@H](O)CNC(=O)c1ccnn1C. The first-order valence-corrected chi connectivity index (χ1v) is 4.05. The van der Waals surface area contributed by atoms with Gasteiger partial charge in [-0.25, -0.2) is 0 Å². The van der Waals surface area contributed by atoms with Gasteiger partial charge in [0.05, 0.1) is 6.10 Å². The highest BCUT2D eigenvalue weighted by molar-refractivity contribution is 5.92. The lowest BCUT2D eigenvalue weighted by Crippen LogP contribution is -2.31. The number of hydrogen-bond donors (Lipinski definition) is 2. The molecule has 0 saturated carbocycles. The van der Waals surface area contributed by atoms with Crippen LogP contribution in [-0.2, 0) is 7.05 Å². The molecule has 1 heterocycles. The fourth-order valence-electron chi connectivity index (χ4n) is 0.928. The second-order valence-electron chi connectivity index (χ2n) is 2.90. The largest absolute Gasteiger partial charge is 0.392 e. The van der Waals surface area contributed by atoms with Gasteiger partial charge in [-0.3, -0.25) is 9.48 Å². The van der Waals surface area contributed by atoms with Crippen molar-refractivity contribution in [1.82, 2.24) is 15.1 Å². The van der Waals surface area contributed by atoms with Crippen molar-refractivity contribution in [1.29, 1.82) is 0 Å². The molecule has 1 aromatic heterocycles. The molecule has 0 radical (unpaired) electrons. The third-order valence-electron chi connectivity index (χ3n) is 1.61. The number of aliphatic hydroxyl groups is 1. The van der Waals surface area contributed by atoms with Gasteiger partial charge in [-0.05, 0) is 13.0 Å². The first-order chi connectivity index (χ1) is 6.11. The van der Waals surface area contributed by atoms with Gasteiger partial charge in [-0.15, -0.1) is 0 Å². The number of nitrogens with zero attached hydrogens (tertiary/aromatic N) is 2. The lowest BCUT2D eigenvalue weighted by Gasteiger charge is -2.06. The maximum absolute atomic E-state index is 11.3. The second-order valence-corrected chi connectivity index (χ2v) is 2.90. The van der Waals surface area contributed by atoms with E-state index in [1.54, 1.807) is 26.2 Å². The van der Waals surface area contributed by atoms with Crippen LogP contribution in [0.15, 0.2) is 12.3 Å². The fourth-order valence-corrected chi connectivity index (χ4v) is 0.928. The van der Waals surface area contributed by atoms with E-state index in [4.69, 9.17) is 5.11 Å². The summed E-state index contributed by atoms with van der Waals surface area (Å²) in [6, 6.07) is 1.62. The minimum atomic E-state index is -0.530. The third kappa shape index (κ3) is 2.55. The van der Waals surface area contributed by atoms with Crippen LogP contribution >= 0.6 is 0 Å². The zero-order valence-corrected chi connectivity index (χ0v) is 7.69. The van der Waals surface area contributed by atoms with Crippen molar-refractivity contribution in [3.05, 3.63) is 18.0 Å². The minimum Gasteiger partial charge on any atom is -0.392 e. The van der Waals surface area contributed by atoms with Gasteiger partial charge < -0.3 is 10.4 Å². The van der Waals surface area contributed by atoms with Crippen molar-refractivity contribution in [2.75, 3.05) is 6.54 Å². The molecule has 0 spiro atoms. The molecule has 13 heavy (non-hydrogen) atoms. The molecule has 1 rings (SSSR count). The number of aryl methyl sites for hydroxylation is 1. The van der Waals surface area contributed by atoms with Crippen LogP contribution in [0.25, 0.3) is 0 Å². The smallest absolute Gasteiger partial charge is 0.269 e. The average Bonchev–Trinajstić information content (AvgIpc) is 2.47. The summed E-state index contributed by atoms with van der Waals surface area (Å²) in [6.45, 7) is 1.87. The molecule has 0 unspecified atom stereocenters. The Morgan fingerprint density at radius 1 is 1.85 bits per heavy atom. The molecule has 0 bridgehead atoms. The topological polar surface area (TPSA) is 67.2 Å². The Kier molecular flexibility index (Phi) is 3.02. The Hall–Kier alpha value is -1.36. The van der Waals surface area contributed by atoms with Gasteiger partial charge in [-0.1, -0.05) is 0 Å². The van der Waals surface area contributed by atoms with E-state index >= 15 is 0 Å². The zero-order valence-electron chi connectivity index (χ0n) is 7.69. The van der Waals surface area contributed by atoms with Crippen molar-refractivity contribution in [3.8, 4) is 0 Å². The van der Waals surface area contributed by atoms with Crippen molar-refractivity contribution in [2.24, 2.45) is 7.05 Å². The van der Waals surface area contributed by atoms with Crippen molar-refractivity contribution < 1.29 is 9.90 Å². The number of nitrogens with one attached hydrogen (secondary N) is 1. The molecule has 0 saturated heterocycles. The number of amides is 1. The summed E-state index contributed by atoms with van der Waals surface area (Å²) in [5.41, 5.74) is 0.487. The highest BCUT2D eigenvalue weighted by atomic mass is 16.3. The van der Waals surface area contributed by atoms with Crippen LogP contribution in [0.3, 0.4) is 0 Å². The Balaban J connectivity index is 2.54. The van der Waals surface area contributed by atoms with E-state index in [2.05, 4.69) is 10.4 Å². The lowest BCUT2D eigenvalue weighted by molar-refractivity contribution is 0.0914. The van der Waals surface area contributed by atoms with Gasteiger partial charge in [0.15, 0.2) is 0 Å². The third-order valence-corrected chi connectivity index (χ3v) is 1.61. The number of rotatable bonds is 3. The van der Waals surface area contributed by atoms with Crippen molar-refractivity contribution in [3.63, 3.8) is 0 Å². The summed E-state index contributed by atoms with van der Waals surface area (Å²) in [4.78, 5) is 11.3. The number of carbonyl (C=O) groups is 1. The highest BCUT2D eigenvalue weighted by Gasteiger charge is 2.09. The molecular formula is C8H13N3O2. The quantitative estimate of drug-likeness (QED) is 0.665.